The number of anilines is 2. The minimum Gasteiger partial charge on any atom is -0.463 e. The maximum absolute atomic E-state index is 5.73. The smallest absolute Gasteiger partial charge is 0.323 e. The van der Waals surface area contributed by atoms with Gasteiger partial charge in [-0.2, -0.15) is 15.0 Å². The summed E-state index contributed by atoms with van der Waals surface area (Å²) in [6, 6.07) is 0.356. The molecule has 0 aliphatic carbocycles. The van der Waals surface area contributed by atoms with Crippen molar-refractivity contribution in [2.45, 2.75) is 51.9 Å². The molecule has 0 saturated carbocycles. The van der Waals surface area contributed by atoms with Crippen LogP contribution in [0.2, 0.25) is 0 Å². The Morgan fingerprint density at radius 3 is 2.55 bits per heavy atom. The van der Waals surface area contributed by atoms with Gasteiger partial charge in [0.25, 0.3) is 0 Å². The van der Waals surface area contributed by atoms with Crippen molar-refractivity contribution in [2.24, 2.45) is 0 Å². The highest BCUT2D eigenvalue weighted by Crippen LogP contribution is 2.18. The van der Waals surface area contributed by atoms with Crippen molar-refractivity contribution in [3.05, 3.63) is 0 Å². The number of hydrogen-bond donors (Lipinski definition) is 1. The molecule has 1 fully saturated rings. The lowest BCUT2D eigenvalue weighted by atomic mass is 10.2. The van der Waals surface area contributed by atoms with E-state index >= 15 is 0 Å². The van der Waals surface area contributed by atoms with Gasteiger partial charge in [0, 0.05) is 13.1 Å². The third-order valence-electron chi connectivity index (χ3n) is 3.49. The molecule has 0 amide bonds. The molecule has 6 nitrogen and oxygen atoms in total. The van der Waals surface area contributed by atoms with E-state index in [-0.39, 0.29) is 5.95 Å². The second kappa shape index (κ2) is 7.87. The van der Waals surface area contributed by atoms with Crippen LogP contribution in [-0.2, 0) is 0 Å². The highest BCUT2D eigenvalue weighted by molar-refractivity contribution is 5.36. The fourth-order valence-electron chi connectivity index (χ4n) is 2.35. The van der Waals surface area contributed by atoms with E-state index in [0.29, 0.717) is 18.6 Å². The topological polar surface area (TPSA) is 77.2 Å². The van der Waals surface area contributed by atoms with Crippen molar-refractivity contribution in [3.8, 4) is 6.01 Å². The zero-order chi connectivity index (χ0) is 14.2. The summed E-state index contributed by atoms with van der Waals surface area (Å²) in [6.45, 7) is 4.83. The molecular weight excluding hydrogens is 254 g/mol. The van der Waals surface area contributed by atoms with Crippen LogP contribution in [0.25, 0.3) is 0 Å². The lowest BCUT2D eigenvalue weighted by Gasteiger charge is -2.15. The van der Waals surface area contributed by atoms with Crippen molar-refractivity contribution in [2.75, 3.05) is 30.3 Å². The summed E-state index contributed by atoms with van der Waals surface area (Å²) in [4.78, 5) is 14.7. The van der Waals surface area contributed by atoms with E-state index in [9.17, 15) is 0 Å². The Balaban J connectivity index is 1.81. The first-order valence-corrected chi connectivity index (χ1v) is 7.69. The monoisotopic (exact) mass is 279 g/mol. The van der Waals surface area contributed by atoms with Crippen LogP contribution in [0.3, 0.4) is 0 Å². The number of nitrogens with two attached hydrogens (primary N) is 1. The summed E-state index contributed by atoms with van der Waals surface area (Å²) in [5, 5.41) is 0. The summed E-state index contributed by atoms with van der Waals surface area (Å²) in [5.74, 6) is 0.888. The van der Waals surface area contributed by atoms with Crippen LogP contribution in [0, 0.1) is 0 Å². The van der Waals surface area contributed by atoms with E-state index < -0.39 is 0 Å². The lowest BCUT2D eigenvalue weighted by molar-refractivity contribution is 0.281. The summed E-state index contributed by atoms with van der Waals surface area (Å²) in [7, 11) is 0. The fraction of sp³-hybridized carbons (Fsp3) is 0.786. The number of nitrogen functional groups attached to an aromatic ring is 1. The van der Waals surface area contributed by atoms with Gasteiger partial charge in [0.1, 0.15) is 0 Å². The third-order valence-corrected chi connectivity index (χ3v) is 3.49. The van der Waals surface area contributed by atoms with E-state index in [1.165, 1.54) is 38.5 Å². The van der Waals surface area contributed by atoms with Crippen molar-refractivity contribution in [3.63, 3.8) is 0 Å². The fourth-order valence-corrected chi connectivity index (χ4v) is 2.35. The zero-order valence-corrected chi connectivity index (χ0v) is 12.3. The zero-order valence-electron chi connectivity index (χ0n) is 12.3. The molecule has 0 unspecified atom stereocenters. The number of ether oxygens (including phenoxy) is 1. The summed E-state index contributed by atoms with van der Waals surface area (Å²) in [6.07, 6.45) is 8.39. The van der Waals surface area contributed by atoms with Crippen LogP contribution in [0.15, 0.2) is 0 Å². The molecule has 112 valence electrons. The summed E-state index contributed by atoms with van der Waals surface area (Å²) < 4.78 is 5.60. The number of nitrogens with zero attached hydrogens (tertiary/aromatic N) is 4. The van der Waals surface area contributed by atoms with Gasteiger partial charge in [-0.05, 0) is 19.3 Å². The largest absolute Gasteiger partial charge is 0.463 e. The van der Waals surface area contributed by atoms with Crippen molar-refractivity contribution < 1.29 is 4.74 Å². The molecular formula is C14H25N5O. The Labute approximate surface area is 120 Å². The van der Waals surface area contributed by atoms with Gasteiger partial charge >= 0.3 is 6.01 Å². The van der Waals surface area contributed by atoms with Gasteiger partial charge in [0.05, 0.1) is 6.61 Å². The maximum Gasteiger partial charge on any atom is 0.323 e. The van der Waals surface area contributed by atoms with E-state index in [4.69, 9.17) is 10.5 Å². The van der Waals surface area contributed by atoms with E-state index in [1.807, 2.05) is 0 Å². The molecule has 1 aromatic rings. The van der Waals surface area contributed by atoms with Crippen LogP contribution in [-0.4, -0.2) is 34.6 Å². The average molecular weight is 279 g/mol. The van der Waals surface area contributed by atoms with Gasteiger partial charge in [-0.1, -0.05) is 32.6 Å². The molecule has 0 bridgehead atoms. The van der Waals surface area contributed by atoms with Gasteiger partial charge in [-0.15, -0.1) is 0 Å². The summed E-state index contributed by atoms with van der Waals surface area (Å²) >= 11 is 0. The van der Waals surface area contributed by atoms with Crippen LogP contribution in [0.1, 0.15) is 51.9 Å². The molecule has 1 saturated heterocycles. The lowest BCUT2D eigenvalue weighted by Crippen LogP contribution is -2.21. The number of unbranched alkanes of at least 4 members (excludes halogenated alkanes) is 4. The predicted molar refractivity (Wildman–Crippen MR) is 79.9 cm³/mol. The Hall–Kier alpha value is -1.59. The van der Waals surface area contributed by atoms with Crippen LogP contribution in [0.4, 0.5) is 11.9 Å². The second-order valence-corrected chi connectivity index (χ2v) is 5.23. The molecule has 2 N–H and O–H groups in total. The number of hydrogen-bond acceptors (Lipinski definition) is 6. The Morgan fingerprint density at radius 2 is 1.80 bits per heavy atom. The van der Waals surface area contributed by atoms with Crippen molar-refractivity contribution >= 4 is 11.9 Å². The van der Waals surface area contributed by atoms with Gasteiger partial charge in [-0.25, -0.2) is 0 Å². The van der Waals surface area contributed by atoms with Crippen LogP contribution >= 0.6 is 0 Å². The first-order chi connectivity index (χ1) is 9.79. The minimum absolute atomic E-state index is 0.239. The third kappa shape index (κ3) is 4.51. The minimum atomic E-state index is 0.239. The average Bonchev–Trinajstić information content (AvgIpc) is 2.96. The highest BCUT2D eigenvalue weighted by Gasteiger charge is 2.17. The van der Waals surface area contributed by atoms with Gasteiger partial charge in [0.2, 0.25) is 11.9 Å². The molecule has 2 rings (SSSR count). The maximum atomic E-state index is 5.73. The van der Waals surface area contributed by atoms with Gasteiger partial charge in [0.15, 0.2) is 0 Å². The predicted octanol–water partition coefficient (Wildman–Crippen LogP) is 2.40. The molecule has 0 spiro atoms. The van der Waals surface area contributed by atoms with E-state index in [0.717, 1.165) is 19.5 Å². The molecule has 0 radical (unpaired) electrons. The molecule has 0 atom stereocenters. The molecule has 20 heavy (non-hydrogen) atoms. The molecule has 6 heteroatoms. The van der Waals surface area contributed by atoms with Crippen LogP contribution in [0.5, 0.6) is 6.01 Å². The number of rotatable bonds is 8. The Bertz CT molecular complexity index is 407. The quantitative estimate of drug-likeness (QED) is 0.736. The molecule has 1 aliphatic heterocycles. The number of aromatic nitrogens is 3. The standard InChI is InChI=1S/C14H25N5O/c1-2-3-4-5-8-11-20-14-17-12(15)16-13(18-14)19-9-6-7-10-19/h2-11H2,1H3,(H2,15,16,17,18). The SMILES string of the molecule is CCCCCCCOc1nc(N)nc(N2CCCC2)n1. The highest BCUT2D eigenvalue weighted by atomic mass is 16.5. The first kappa shape index (κ1) is 14.8. The second-order valence-electron chi connectivity index (χ2n) is 5.23. The normalized spacial score (nSPS) is 14.8. The Morgan fingerprint density at radius 1 is 1.05 bits per heavy atom. The molecule has 2 heterocycles. The molecule has 0 aromatic carbocycles. The first-order valence-electron chi connectivity index (χ1n) is 7.69. The molecule has 1 aromatic heterocycles. The summed E-state index contributed by atoms with van der Waals surface area (Å²) in [5.41, 5.74) is 5.73. The molecule has 1 aliphatic rings. The van der Waals surface area contributed by atoms with E-state index in [1.54, 1.807) is 0 Å². The van der Waals surface area contributed by atoms with Crippen molar-refractivity contribution in [1.82, 2.24) is 15.0 Å². The Kier molecular flexibility index (Phi) is 5.83. The van der Waals surface area contributed by atoms with Gasteiger partial charge < -0.3 is 15.4 Å². The van der Waals surface area contributed by atoms with E-state index in [2.05, 4.69) is 26.8 Å². The van der Waals surface area contributed by atoms with Crippen LogP contribution < -0.4 is 15.4 Å². The van der Waals surface area contributed by atoms with Gasteiger partial charge in [-0.3, -0.25) is 0 Å². The van der Waals surface area contributed by atoms with Crippen molar-refractivity contribution in [1.29, 1.82) is 0 Å².